The van der Waals surface area contributed by atoms with E-state index in [9.17, 15) is 14.4 Å². The van der Waals surface area contributed by atoms with Gasteiger partial charge in [-0.3, -0.25) is 0 Å². The van der Waals surface area contributed by atoms with Crippen LogP contribution in [0.4, 0.5) is 0 Å². The van der Waals surface area contributed by atoms with E-state index in [1.165, 1.54) is 27.4 Å². The molecule has 1 aromatic heterocycles. The van der Waals surface area contributed by atoms with Crippen molar-refractivity contribution in [1.82, 2.24) is 4.90 Å². The molecule has 0 saturated carbocycles. The summed E-state index contributed by atoms with van der Waals surface area (Å²) in [7, 11) is 4.50. The number of rotatable bonds is 20. The van der Waals surface area contributed by atoms with E-state index in [2.05, 4.69) is 11.0 Å². The normalized spacial score (nSPS) is 11.2. The third-order valence-electron chi connectivity index (χ3n) is 9.56. The molecule has 1 heterocycles. The maximum atomic E-state index is 13.5. The first-order valence-electron chi connectivity index (χ1n) is 18.8. The Labute approximate surface area is 325 Å². The van der Waals surface area contributed by atoms with Gasteiger partial charge in [-0.1, -0.05) is 48.5 Å². The lowest BCUT2D eigenvalue weighted by Gasteiger charge is -2.22. The molecule has 0 N–H and O–H groups in total. The summed E-state index contributed by atoms with van der Waals surface area (Å²) < 4.78 is 38.8. The molecule has 6 aromatic rings. The predicted octanol–water partition coefficient (Wildman–Crippen LogP) is 8.47. The minimum atomic E-state index is -0.467. The van der Waals surface area contributed by atoms with Gasteiger partial charge in [-0.15, -0.1) is 0 Å². The molecule has 0 saturated heterocycles. The first kappa shape index (κ1) is 39.6. The van der Waals surface area contributed by atoms with E-state index in [-0.39, 0.29) is 19.2 Å². The van der Waals surface area contributed by atoms with Crippen LogP contribution in [0.5, 0.6) is 23.0 Å². The summed E-state index contributed by atoms with van der Waals surface area (Å²) in [6.07, 6.45) is 3.84. The Morgan fingerprint density at radius 1 is 0.589 bits per heavy atom. The number of carbonyl (C=O) groups excluding carboxylic acids is 2. The molecule has 0 radical (unpaired) electrons. The third kappa shape index (κ3) is 9.96. The zero-order chi connectivity index (χ0) is 39.3. The van der Waals surface area contributed by atoms with Crippen LogP contribution >= 0.6 is 0 Å². The Bertz CT molecular complexity index is 2260. The Morgan fingerprint density at radius 3 is 1.88 bits per heavy atom. The summed E-state index contributed by atoms with van der Waals surface area (Å²) in [6.45, 7) is 3.32. The Morgan fingerprint density at radius 2 is 1.20 bits per heavy atom. The number of ether oxygens (including phenoxy) is 6. The van der Waals surface area contributed by atoms with Gasteiger partial charge in [-0.05, 0) is 96.6 Å². The molecule has 0 bridgehead atoms. The zero-order valence-electron chi connectivity index (χ0n) is 32.0. The summed E-state index contributed by atoms with van der Waals surface area (Å²) in [5.74, 6) is 1.00. The lowest BCUT2D eigenvalue weighted by Crippen LogP contribution is -2.29. The quantitative estimate of drug-likeness (QED) is 0.0322. The molecule has 292 valence electrons. The van der Waals surface area contributed by atoms with Crippen LogP contribution in [0.2, 0.25) is 0 Å². The molecule has 0 aliphatic heterocycles. The minimum absolute atomic E-state index is 0.272. The van der Waals surface area contributed by atoms with Crippen LogP contribution < -0.4 is 24.6 Å². The number of unbranched alkanes of at least 4 members (excludes halogenated alkanes) is 2. The largest absolute Gasteiger partial charge is 0.493 e. The number of carbonyl (C=O) groups is 2. The number of methoxy groups -OCH3 is 3. The fraction of sp³-hybridized carbons (Fsp3) is 0.311. The van der Waals surface area contributed by atoms with Crippen LogP contribution in [-0.2, 0) is 9.47 Å². The molecule has 0 unspecified atom stereocenters. The second-order valence-electron chi connectivity index (χ2n) is 13.3. The number of hydrogen-bond donors (Lipinski definition) is 0. The van der Waals surface area contributed by atoms with Crippen molar-refractivity contribution in [2.24, 2.45) is 0 Å². The third-order valence-corrected chi connectivity index (χ3v) is 9.56. The first-order chi connectivity index (χ1) is 27.4. The monoisotopic (exact) mass is 761 g/mol. The molecule has 0 spiro atoms. The van der Waals surface area contributed by atoms with E-state index in [0.717, 1.165) is 65.8 Å². The summed E-state index contributed by atoms with van der Waals surface area (Å²) in [4.78, 5) is 40.4. The highest BCUT2D eigenvalue weighted by atomic mass is 16.5. The number of hydrogen-bond acceptors (Lipinski definition) is 11. The van der Waals surface area contributed by atoms with Crippen molar-refractivity contribution in [3.8, 4) is 23.0 Å². The molecule has 11 heteroatoms. The van der Waals surface area contributed by atoms with E-state index in [1.807, 2.05) is 60.7 Å². The van der Waals surface area contributed by atoms with Crippen molar-refractivity contribution in [2.75, 3.05) is 60.8 Å². The molecule has 0 fully saturated rings. The van der Waals surface area contributed by atoms with Crippen LogP contribution in [0, 0.1) is 0 Å². The van der Waals surface area contributed by atoms with Crippen LogP contribution in [0.1, 0.15) is 52.8 Å². The number of esters is 2. The highest BCUT2D eigenvalue weighted by molar-refractivity contribution is 6.16. The molecule has 0 atom stereocenters. The number of benzene rings is 5. The maximum Gasteiger partial charge on any atom is 0.339 e. The summed E-state index contributed by atoms with van der Waals surface area (Å²) in [5.41, 5.74) is 0.983. The van der Waals surface area contributed by atoms with Crippen molar-refractivity contribution in [1.29, 1.82) is 0 Å². The van der Waals surface area contributed by atoms with E-state index in [1.54, 1.807) is 24.3 Å². The zero-order valence-corrected chi connectivity index (χ0v) is 32.0. The van der Waals surface area contributed by atoms with Crippen LogP contribution in [0.15, 0.2) is 106 Å². The number of fused-ring (bicyclic) bond motifs is 3. The van der Waals surface area contributed by atoms with Gasteiger partial charge >= 0.3 is 17.6 Å². The van der Waals surface area contributed by atoms with E-state index in [0.29, 0.717) is 59.2 Å². The van der Waals surface area contributed by atoms with Gasteiger partial charge in [-0.25, -0.2) is 14.4 Å². The summed E-state index contributed by atoms with van der Waals surface area (Å²) >= 11 is 0. The summed E-state index contributed by atoms with van der Waals surface area (Å²) in [6, 6.07) is 29.6. The van der Waals surface area contributed by atoms with Gasteiger partial charge in [-0.2, -0.15) is 0 Å². The van der Waals surface area contributed by atoms with Crippen molar-refractivity contribution in [2.45, 2.75) is 32.1 Å². The molecule has 11 nitrogen and oxygen atoms in total. The van der Waals surface area contributed by atoms with Crippen molar-refractivity contribution < 1.29 is 42.4 Å². The molecule has 0 amide bonds. The standard InChI is InChI=1S/C45H47NO10/c1-50-39-28-34(29-40(51-2)43(39)52-3)44(48)54-24-10-4-9-21-46(22-11-25-53-35-19-17-31-18-20-41(47)56-38(31)30-35)23-12-26-55-45(49)42-36-15-7-5-13-32(36)27-33-14-6-8-16-37(33)42/h5-8,13-20,27-30H,4,9-12,21-26H2,1-3H3. The Balaban J connectivity index is 1.01. The van der Waals surface area contributed by atoms with Crippen molar-refractivity contribution >= 4 is 44.5 Å². The highest BCUT2D eigenvalue weighted by Gasteiger charge is 2.19. The Hall–Kier alpha value is -6.07. The first-order valence-corrected chi connectivity index (χ1v) is 18.8. The fourth-order valence-electron chi connectivity index (χ4n) is 6.76. The van der Waals surface area contributed by atoms with Crippen molar-refractivity contribution in [3.05, 3.63) is 119 Å². The van der Waals surface area contributed by atoms with E-state index in [4.69, 9.17) is 32.8 Å². The SMILES string of the molecule is COc1cc(C(=O)OCCCCCN(CCCOC(=O)c2c3ccccc3cc3ccccc23)CCCOc2ccc3ccc(=O)oc3c2)cc(OC)c1OC. The van der Waals surface area contributed by atoms with Gasteiger partial charge in [0.2, 0.25) is 5.75 Å². The molecule has 5 aromatic carbocycles. The van der Waals surface area contributed by atoms with E-state index >= 15 is 0 Å². The predicted molar refractivity (Wildman–Crippen MR) is 216 cm³/mol. The maximum absolute atomic E-state index is 13.5. The van der Waals surface area contributed by atoms with Crippen molar-refractivity contribution in [3.63, 3.8) is 0 Å². The lowest BCUT2D eigenvalue weighted by molar-refractivity contribution is 0.0489. The highest BCUT2D eigenvalue weighted by Crippen LogP contribution is 2.38. The fourth-order valence-corrected chi connectivity index (χ4v) is 6.76. The Kier molecular flexibility index (Phi) is 13.8. The smallest absolute Gasteiger partial charge is 0.339 e. The molecule has 6 rings (SSSR count). The van der Waals surface area contributed by atoms with Crippen LogP contribution in [0.25, 0.3) is 32.5 Å². The topological polar surface area (TPSA) is 123 Å². The molecule has 0 aliphatic carbocycles. The average Bonchev–Trinajstić information content (AvgIpc) is 3.22. The average molecular weight is 762 g/mol. The van der Waals surface area contributed by atoms with Gasteiger partial charge in [0.25, 0.3) is 0 Å². The van der Waals surface area contributed by atoms with E-state index < -0.39 is 11.6 Å². The van der Waals surface area contributed by atoms with Gasteiger partial charge in [0.05, 0.1) is 52.3 Å². The number of nitrogens with zero attached hydrogens (tertiary/aromatic N) is 1. The van der Waals surface area contributed by atoms with Crippen LogP contribution in [-0.4, -0.2) is 77.6 Å². The molecular weight excluding hydrogens is 714 g/mol. The second-order valence-corrected chi connectivity index (χ2v) is 13.3. The van der Waals surface area contributed by atoms with Gasteiger partial charge in [0.1, 0.15) is 11.3 Å². The summed E-state index contributed by atoms with van der Waals surface area (Å²) in [5, 5.41) is 4.57. The van der Waals surface area contributed by atoms with Gasteiger partial charge in [0, 0.05) is 30.6 Å². The molecule has 56 heavy (non-hydrogen) atoms. The van der Waals surface area contributed by atoms with Crippen LogP contribution in [0.3, 0.4) is 0 Å². The van der Waals surface area contributed by atoms with Gasteiger partial charge in [0.15, 0.2) is 11.5 Å². The lowest BCUT2D eigenvalue weighted by atomic mass is 9.97. The molecular formula is C45H47NO10. The van der Waals surface area contributed by atoms with Gasteiger partial charge < -0.3 is 37.7 Å². The minimum Gasteiger partial charge on any atom is -0.493 e. The second kappa shape index (κ2) is 19.5. The molecule has 0 aliphatic rings.